The molecule has 9 heteroatoms. The minimum absolute atomic E-state index is 0.0740. The van der Waals surface area contributed by atoms with Crippen LogP contribution in [-0.2, 0) is 27.4 Å². The number of H-pyrrole nitrogens is 1. The number of fused-ring (bicyclic) bond motifs is 1. The molecule has 2 unspecified atom stereocenters. The number of aromatic nitrogens is 3. The Morgan fingerprint density at radius 3 is 2.96 bits per heavy atom. The second-order valence-corrected chi connectivity index (χ2v) is 6.93. The highest BCUT2D eigenvalue weighted by atomic mass is 16.5. The van der Waals surface area contributed by atoms with Crippen molar-refractivity contribution in [1.29, 1.82) is 0 Å². The molecular weight excluding hydrogens is 362 g/mol. The third kappa shape index (κ3) is 3.36. The summed E-state index contributed by atoms with van der Waals surface area (Å²) in [5.41, 5.74) is 7.47. The van der Waals surface area contributed by atoms with Gasteiger partial charge in [0, 0.05) is 37.3 Å². The van der Waals surface area contributed by atoms with Crippen LogP contribution in [0.25, 0.3) is 10.9 Å². The molecule has 2 atom stereocenters. The van der Waals surface area contributed by atoms with E-state index in [0.717, 1.165) is 16.5 Å². The van der Waals surface area contributed by atoms with Crippen LogP contribution in [0, 0.1) is 5.92 Å². The van der Waals surface area contributed by atoms with Crippen LogP contribution < -0.4 is 5.73 Å². The molecule has 2 amide bonds. The first-order valence-corrected chi connectivity index (χ1v) is 9.00. The van der Waals surface area contributed by atoms with E-state index in [9.17, 15) is 9.59 Å². The lowest BCUT2D eigenvalue weighted by atomic mass is 9.95. The van der Waals surface area contributed by atoms with Crippen LogP contribution in [0.3, 0.4) is 0 Å². The van der Waals surface area contributed by atoms with Crippen molar-refractivity contribution in [1.82, 2.24) is 20.0 Å². The van der Waals surface area contributed by atoms with Crippen molar-refractivity contribution >= 4 is 22.7 Å². The summed E-state index contributed by atoms with van der Waals surface area (Å²) in [4.78, 5) is 33.9. The van der Waals surface area contributed by atoms with Gasteiger partial charge < -0.3 is 24.9 Å². The fourth-order valence-electron chi connectivity index (χ4n) is 3.70. The van der Waals surface area contributed by atoms with Crippen molar-refractivity contribution in [2.45, 2.75) is 18.9 Å². The Hall–Kier alpha value is -3.20. The number of primary amides is 1. The van der Waals surface area contributed by atoms with Gasteiger partial charge in [-0.25, -0.2) is 0 Å². The molecule has 0 saturated carbocycles. The number of benzene rings is 1. The average Bonchev–Trinajstić information content (AvgIpc) is 3.40. The number of likely N-dealkylation sites (tertiary alicyclic amines) is 1. The van der Waals surface area contributed by atoms with E-state index in [1.807, 2.05) is 30.5 Å². The average molecular weight is 383 g/mol. The number of rotatable bonds is 6. The number of aromatic amines is 1. The van der Waals surface area contributed by atoms with E-state index in [1.165, 1.54) is 7.11 Å². The van der Waals surface area contributed by atoms with Gasteiger partial charge in [-0.3, -0.25) is 9.59 Å². The lowest BCUT2D eigenvalue weighted by Crippen LogP contribution is -2.32. The molecule has 3 aromatic rings. The monoisotopic (exact) mass is 383 g/mol. The number of amides is 2. The van der Waals surface area contributed by atoms with Gasteiger partial charge in [-0.2, -0.15) is 4.98 Å². The number of para-hydroxylation sites is 1. The normalized spacial score (nSPS) is 19.4. The van der Waals surface area contributed by atoms with Gasteiger partial charge in [0.25, 0.3) is 0 Å². The number of carbonyl (C=O) groups is 2. The van der Waals surface area contributed by atoms with Crippen molar-refractivity contribution in [3.8, 4) is 0 Å². The number of nitrogens with one attached hydrogen (secondary N) is 1. The number of ether oxygens (including phenoxy) is 1. The van der Waals surface area contributed by atoms with E-state index in [1.54, 1.807) is 4.90 Å². The quantitative estimate of drug-likeness (QED) is 0.653. The van der Waals surface area contributed by atoms with Crippen LogP contribution in [0.2, 0.25) is 0 Å². The molecule has 0 radical (unpaired) electrons. The highest BCUT2D eigenvalue weighted by Crippen LogP contribution is 2.32. The maximum absolute atomic E-state index is 12.9. The number of methoxy groups -OCH3 is 1. The van der Waals surface area contributed by atoms with Crippen molar-refractivity contribution < 1.29 is 18.8 Å². The van der Waals surface area contributed by atoms with E-state index >= 15 is 0 Å². The van der Waals surface area contributed by atoms with Crippen LogP contribution in [0.1, 0.15) is 23.2 Å². The summed E-state index contributed by atoms with van der Waals surface area (Å²) in [6.07, 6.45) is 2.08. The molecule has 146 valence electrons. The Labute approximate surface area is 160 Å². The molecule has 1 aliphatic heterocycles. The van der Waals surface area contributed by atoms with Gasteiger partial charge in [0.2, 0.25) is 17.7 Å². The van der Waals surface area contributed by atoms with Crippen molar-refractivity contribution in [2.75, 3.05) is 20.2 Å². The highest BCUT2D eigenvalue weighted by Gasteiger charge is 2.42. The molecule has 1 fully saturated rings. The molecule has 0 spiro atoms. The standard InChI is InChI=1S/C19H21N5O4/c1-27-10-16-22-19(28-23-16)14-9-24(8-13(14)18(20)26)17(25)6-11-7-21-15-5-3-2-4-12(11)15/h2-5,7,13-14,21H,6,8-10H2,1H3,(H2,20,26). The fourth-order valence-corrected chi connectivity index (χ4v) is 3.70. The summed E-state index contributed by atoms with van der Waals surface area (Å²) in [5.74, 6) is -0.846. The Balaban J connectivity index is 1.51. The van der Waals surface area contributed by atoms with Gasteiger partial charge in [-0.1, -0.05) is 23.4 Å². The van der Waals surface area contributed by atoms with Crippen molar-refractivity contribution in [3.63, 3.8) is 0 Å². The summed E-state index contributed by atoms with van der Waals surface area (Å²) in [6.45, 7) is 0.757. The molecule has 0 aliphatic carbocycles. The van der Waals surface area contributed by atoms with E-state index in [4.69, 9.17) is 15.0 Å². The van der Waals surface area contributed by atoms with Gasteiger partial charge >= 0.3 is 0 Å². The Morgan fingerprint density at radius 2 is 2.18 bits per heavy atom. The molecule has 28 heavy (non-hydrogen) atoms. The molecule has 0 bridgehead atoms. The maximum Gasteiger partial charge on any atom is 0.232 e. The molecule has 3 heterocycles. The second-order valence-electron chi connectivity index (χ2n) is 6.93. The number of nitrogens with zero attached hydrogens (tertiary/aromatic N) is 3. The topological polar surface area (TPSA) is 127 Å². The second kappa shape index (κ2) is 7.43. The van der Waals surface area contributed by atoms with Crippen LogP contribution >= 0.6 is 0 Å². The molecule has 3 N–H and O–H groups in total. The van der Waals surface area contributed by atoms with Crippen LogP contribution in [0.5, 0.6) is 0 Å². The number of carbonyl (C=O) groups excluding carboxylic acids is 2. The van der Waals surface area contributed by atoms with E-state index < -0.39 is 17.7 Å². The summed E-state index contributed by atoms with van der Waals surface area (Å²) in [7, 11) is 1.53. The van der Waals surface area contributed by atoms with Gasteiger partial charge in [0.05, 0.1) is 18.3 Å². The molecule has 4 rings (SSSR count). The van der Waals surface area contributed by atoms with Gasteiger partial charge in [-0.15, -0.1) is 0 Å². The lowest BCUT2D eigenvalue weighted by Gasteiger charge is -2.15. The van der Waals surface area contributed by atoms with Crippen LogP contribution in [0.15, 0.2) is 35.0 Å². The first-order chi connectivity index (χ1) is 13.6. The predicted octanol–water partition coefficient (Wildman–Crippen LogP) is 0.967. The van der Waals surface area contributed by atoms with Gasteiger partial charge in [0.1, 0.15) is 6.61 Å². The Bertz CT molecular complexity index is 1010. The predicted molar refractivity (Wildman–Crippen MR) is 99.0 cm³/mol. The van der Waals surface area contributed by atoms with E-state index in [0.29, 0.717) is 18.3 Å². The number of hydrogen-bond acceptors (Lipinski definition) is 6. The molecule has 1 aliphatic rings. The maximum atomic E-state index is 12.9. The van der Waals surface area contributed by atoms with Crippen molar-refractivity contribution in [3.05, 3.63) is 47.7 Å². The third-order valence-corrected chi connectivity index (χ3v) is 5.13. The minimum Gasteiger partial charge on any atom is -0.377 e. The fraction of sp³-hybridized carbons (Fsp3) is 0.368. The number of hydrogen-bond donors (Lipinski definition) is 2. The zero-order valence-corrected chi connectivity index (χ0v) is 15.4. The molecular formula is C19H21N5O4. The van der Waals surface area contributed by atoms with Gasteiger partial charge in [0.15, 0.2) is 5.82 Å². The molecule has 1 aromatic carbocycles. The molecule has 1 saturated heterocycles. The van der Waals surface area contributed by atoms with Gasteiger partial charge in [-0.05, 0) is 11.6 Å². The summed E-state index contributed by atoms with van der Waals surface area (Å²) in [5, 5.41) is 4.85. The Kier molecular flexibility index (Phi) is 4.82. The zero-order valence-electron chi connectivity index (χ0n) is 15.4. The van der Waals surface area contributed by atoms with Crippen molar-refractivity contribution in [2.24, 2.45) is 11.7 Å². The molecule has 9 nitrogen and oxygen atoms in total. The van der Waals surface area contributed by atoms with E-state index in [2.05, 4.69) is 15.1 Å². The molecule has 2 aromatic heterocycles. The minimum atomic E-state index is -0.567. The lowest BCUT2D eigenvalue weighted by molar-refractivity contribution is -0.129. The first kappa shape index (κ1) is 18.2. The largest absolute Gasteiger partial charge is 0.377 e. The first-order valence-electron chi connectivity index (χ1n) is 9.00. The SMILES string of the molecule is COCc1noc(C2CN(C(=O)Cc3c[nH]c4ccccc34)CC2C(N)=O)n1. The number of nitrogens with two attached hydrogens (primary N) is 1. The van der Waals surface area contributed by atoms with E-state index in [-0.39, 0.29) is 25.5 Å². The highest BCUT2D eigenvalue weighted by molar-refractivity contribution is 5.89. The Morgan fingerprint density at radius 1 is 1.36 bits per heavy atom. The zero-order chi connectivity index (χ0) is 19.7. The van der Waals surface area contributed by atoms with Crippen LogP contribution in [-0.4, -0.2) is 52.0 Å². The summed E-state index contributed by atoms with van der Waals surface area (Å²) in [6, 6.07) is 7.82. The summed E-state index contributed by atoms with van der Waals surface area (Å²) >= 11 is 0. The smallest absolute Gasteiger partial charge is 0.232 e. The van der Waals surface area contributed by atoms with Crippen LogP contribution in [0.4, 0.5) is 0 Å². The summed E-state index contributed by atoms with van der Waals surface area (Å²) < 4.78 is 10.3. The third-order valence-electron chi connectivity index (χ3n) is 5.13.